The third kappa shape index (κ3) is 5.25. The Kier molecular flexibility index (Phi) is 7.68. The first kappa shape index (κ1) is 24.5. The summed E-state index contributed by atoms with van der Waals surface area (Å²) in [6.07, 6.45) is -0.183. The van der Waals surface area contributed by atoms with Gasteiger partial charge in [-0.15, -0.1) is 0 Å². The Balaban J connectivity index is 2.09. The zero-order valence-electron chi connectivity index (χ0n) is 19.6. The number of hydrogen-bond acceptors (Lipinski definition) is 8. The highest BCUT2D eigenvalue weighted by atomic mass is 16.5. The number of benzene rings is 2. The van der Waals surface area contributed by atoms with Crippen LogP contribution in [0.4, 0.5) is 5.69 Å². The molecule has 0 radical (unpaired) electrons. The number of ether oxygens (including phenoxy) is 4. The van der Waals surface area contributed by atoms with Crippen LogP contribution in [-0.2, 0) is 4.79 Å². The number of aromatic hydroxyl groups is 1. The molecule has 3 rings (SSSR count). The molecule has 0 aliphatic rings. The van der Waals surface area contributed by atoms with Crippen molar-refractivity contribution in [2.45, 2.75) is 19.3 Å². The second kappa shape index (κ2) is 10.7. The normalized spacial score (nSPS) is 11.4. The zero-order valence-corrected chi connectivity index (χ0v) is 19.6. The van der Waals surface area contributed by atoms with Crippen LogP contribution in [0.5, 0.6) is 28.7 Å². The Bertz CT molecular complexity index is 1210. The van der Waals surface area contributed by atoms with Gasteiger partial charge >= 0.3 is 5.63 Å². The van der Waals surface area contributed by atoms with Crippen LogP contribution in [0.25, 0.3) is 0 Å². The summed E-state index contributed by atoms with van der Waals surface area (Å²) in [5.74, 6) is 0.307. The van der Waals surface area contributed by atoms with Gasteiger partial charge in [0.1, 0.15) is 17.3 Å². The van der Waals surface area contributed by atoms with Crippen molar-refractivity contribution in [2.24, 2.45) is 0 Å². The van der Waals surface area contributed by atoms with Gasteiger partial charge in [-0.3, -0.25) is 4.79 Å². The molecule has 180 valence electrons. The van der Waals surface area contributed by atoms with Gasteiger partial charge in [0.15, 0.2) is 11.5 Å². The predicted molar refractivity (Wildman–Crippen MR) is 126 cm³/mol. The van der Waals surface area contributed by atoms with Crippen molar-refractivity contribution in [2.75, 3.05) is 33.8 Å². The molecule has 1 atom stereocenters. The quantitative estimate of drug-likeness (QED) is 0.485. The van der Waals surface area contributed by atoms with Gasteiger partial charge in [-0.05, 0) is 36.8 Å². The second-order valence-corrected chi connectivity index (χ2v) is 7.44. The topological polar surface area (TPSA) is 116 Å². The van der Waals surface area contributed by atoms with Gasteiger partial charge < -0.3 is 33.8 Å². The largest absolute Gasteiger partial charge is 0.507 e. The smallest absolute Gasteiger partial charge is 0.343 e. The number of nitrogens with one attached hydrogen (secondary N) is 1. The van der Waals surface area contributed by atoms with Crippen LogP contribution in [0.1, 0.15) is 29.2 Å². The summed E-state index contributed by atoms with van der Waals surface area (Å²) in [4.78, 5) is 25.8. The molecule has 0 bridgehead atoms. The summed E-state index contributed by atoms with van der Waals surface area (Å²) in [5, 5.41) is 13.4. The highest BCUT2D eigenvalue weighted by Gasteiger charge is 2.28. The number of hydrogen-bond donors (Lipinski definition) is 2. The molecule has 9 nitrogen and oxygen atoms in total. The molecule has 1 aromatic heterocycles. The van der Waals surface area contributed by atoms with Crippen molar-refractivity contribution >= 4 is 11.6 Å². The Morgan fingerprint density at radius 2 is 1.68 bits per heavy atom. The van der Waals surface area contributed by atoms with E-state index < -0.39 is 17.5 Å². The first-order valence-electron chi connectivity index (χ1n) is 10.4. The molecular formula is C25H27NO8. The SMILES string of the molecule is COc1cccc(NC(=O)CC(c2cc(OC)c(OC)c(OC)c2)c2c(O)cc(C)oc2=O)c1. The fourth-order valence-electron chi connectivity index (χ4n) is 3.71. The lowest BCUT2D eigenvalue weighted by Gasteiger charge is -2.21. The molecule has 0 saturated carbocycles. The Labute approximate surface area is 196 Å². The summed E-state index contributed by atoms with van der Waals surface area (Å²) in [6.45, 7) is 1.55. The van der Waals surface area contributed by atoms with Crippen LogP contribution >= 0.6 is 0 Å². The molecule has 2 N–H and O–H groups in total. The van der Waals surface area contributed by atoms with E-state index in [0.29, 0.717) is 34.2 Å². The summed E-state index contributed by atoms with van der Waals surface area (Å²) in [6, 6.07) is 11.5. The first-order chi connectivity index (χ1) is 16.3. The zero-order chi connectivity index (χ0) is 24.8. The van der Waals surface area contributed by atoms with Crippen molar-refractivity contribution in [3.05, 3.63) is 69.8 Å². The first-order valence-corrected chi connectivity index (χ1v) is 10.4. The van der Waals surface area contributed by atoms with E-state index in [1.165, 1.54) is 34.5 Å². The number of amides is 1. The van der Waals surface area contributed by atoms with Crippen LogP contribution in [0.15, 0.2) is 51.7 Å². The van der Waals surface area contributed by atoms with Crippen LogP contribution in [-0.4, -0.2) is 39.5 Å². The average molecular weight is 469 g/mol. The maximum Gasteiger partial charge on any atom is 0.343 e. The molecule has 1 heterocycles. The van der Waals surface area contributed by atoms with Crippen molar-refractivity contribution in [1.29, 1.82) is 0 Å². The molecule has 1 unspecified atom stereocenters. The fourth-order valence-corrected chi connectivity index (χ4v) is 3.71. The van der Waals surface area contributed by atoms with Crippen LogP contribution < -0.4 is 29.9 Å². The maximum absolute atomic E-state index is 13.0. The lowest BCUT2D eigenvalue weighted by Crippen LogP contribution is -2.21. The van der Waals surface area contributed by atoms with Gasteiger partial charge in [-0.25, -0.2) is 4.79 Å². The highest BCUT2D eigenvalue weighted by Crippen LogP contribution is 2.43. The molecule has 0 aliphatic heterocycles. The summed E-state index contributed by atoms with van der Waals surface area (Å²) >= 11 is 0. The van der Waals surface area contributed by atoms with E-state index >= 15 is 0 Å². The van der Waals surface area contributed by atoms with Gasteiger partial charge in [0, 0.05) is 30.2 Å². The van der Waals surface area contributed by atoms with Gasteiger partial charge in [0.25, 0.3) is 0 Å². The molecule has 2 aromatic carbocycles. The lowest BCUT2D eigenvalue weighted by atomic mass is 9.88. The van der Waals surface area contributed by atoms with E-state index in [1.54, 1.807) is 43.3 Å². The minimum atomic E-state index is -0.879. The molecule has 3 aromatic rings. The number of anilines is 1. The van der Waals surface area contributed by atoms with E-state index in [4.69, 9.17) is 23.4 Å². The van der Waals surface area contributed by atoms with Crippen LogP contribution in [0.2, 0.25) is 0 Å². The number of methoxy groups -OCH3 is 4. The third-order valence-electron chi connectivity index (χ3n) is 5.27. The van der Waals surface area contributed by atoms with E-state index in [9.17, 15) is 14.7 Å². The fraction of sp³-hybridized carbons (Fsp3) is 0.280. The standard InChI is InChI=1S/C25H27NO8/c1-14-9-19(27)23(25(29)34-14)18(13-22(28)26-16-7-6-8-17(12-16)30-2)15-10-20(31-3)24(33-5)21(11-15)32-4/h6-12,18,27H,13H2,1-5H3,(H,26,28). The summed E-state index contributed by atoms with van der Waals surface area (Å²) in [5.41, 5.74) is 0.209. The van der Waals surface area contributed by atoms with E-state index in [1.807, 2.05) is 0 Å². The number of aryl methyl sites for hydroxylation is 1. The van der Waals surface area contributed by atoms with E-state index in [2.05, 4.69) is 5.32 Å². The third-order valence-corrected chi connectivity index (χ3v) is 5.27. The van der Waals surface area contributed by atoms with Gasteiger partial charge in [-0.2, -0.15) is 0 Å². The Morgan fingerprint density at radius 1 is 1.00 bits per heavy atom. The van der Waals surface area contributed by atoms with Gasteiger partial charge in [0.2, 0.25) is 11.7 Å². The number of carbonyl (C=O) groups excluding carboxylic acids is 1. The van der Waals surface area contributed by atoms with Gasteiger partial charge in [0.05, 0.1) is 34.0 Å². The molecule has 34 heavy (non-hydrogen) atoms. The minimum Gasteiger partial charge on any atom is -0.507 e. The Hall–Kier alpha value is -4.14. The predicted octanol–water partition coefficient (Wildman–Crippen LogP) is 3.85. The molecule has 0 saturated heterocycles. The van der Waals surface area contributed by atoms with Crippen molar-refractivity contribution in [3.8, 4) is 28.7 Å². The average Bonchev–Trinajstić information content (AvgIpc) is 2.81. The number of rotatable bonds is 9. The second-order valence-electron chi connectivity index (χ2n) is 7.44. The summed E-state index contributed by atoms with van der Waals surface area (Å²) < 4.78 is 26.7. The minimum absolute atomic E-state index is 0.0549. The van der Waals surface area contributed by atoms with E-state index in [0.717, 1.165) is 0 Å². The number of carbonyl (C=O) groups is 1. The maximum atomic E-state index is 13.0. The van der Waals surface area contributed by atoms with Gasteiger partial charge in [-0.1, -0.05) is 6.07 Å². The van der Waals surface area contributed by atoms with Crippen molar-refractivity contribution < 1.29 is 33.3 Å². The Morgan fingerprint density at radius 3 is 2.24 bits per heavy atom. The lowest BCUT2D eigenvalue weighted by molar-refractivity contribution is -0.116. The van der Waals surface area contributed by atoms with Crippen LogP contribution in [0, 0.1) is 6.92 Å². The molecule has 0 fully saturated rings. The monoisotopic (exact) mass is 469 g/mol. The molecule has 0 spiro atoms. The van der Waals surface area contributed by atoms with Crippen molar-refractivity contribution in [3.63, 3.8) is 0 Å². The van der Waals surface area contributed by atoms with Crippen LogP contribution in [0.3, 0.4) is 0 Å². The summed E-state index contributed by atoms with van der Waals surface area (Å²) in [7, 11) is 5.92. The molecule has 1 amide bonds. The molecule has 9 heteroatoms. The highest BCUT2D eigenvalue weighted by molar-refractivity contribution is 5.91. The van der Waals surface area contributed by atoms with Crippen molar-refractivity contribution in [1.82, 2.24) is 0 Å². The molecule has 0 aliphatic carbocycles. The van der Waals surface area contributed by atoms with E-state index in [-0.39, 0.29) is 23.5 Å². The molecular weight excluding hydrogens is 442 g/mol.